The lowest BCUT2D eigenvalue weighted by Gasteiger charge is -2.04. The number of aromatic amines is 1. The van der Waals surface area contributed by atoms with Crippen LogP contribution in [0.5, 0.6) is 5.75 Å². The number of aromatic hydroxyl groups is 1. The summed E-state index contributed by atoms with van der Waals surface area (Å²) in [4.78, 5) is 18.5. The fourth-order valence-electron chi connectivity index (χ4n) is 1.55. The number of aromatic nitrogens is 2. The molecule has 0 radical (unpaired) electrons. The lowest BCUT2D eigenvalue weighted by atomic mass is 10.2. The molecule has 0 aliphatic carbocycles. The average Bonchev–Trinajstić information content (AvgIpc) is 2.33. The van der Waals surface area contributed by atoms with E-state index in [-0.39, 0.29) is 11.3 Å². The zero-order valence-corrected chi connectivity index (χ0v) is 9.40. The Bertz CT molecular complexity index is 578. The molecule has 5 nitrogen and oxygen atoms in total. The number of hydrogen-bond donors (Lipinski definition) is 3. The maximum atomic E-state index is 11.7. The third-order valence-corrected chi connectivity index (χ3v) is 2.40. The van der Waals surface area contributed by atoms with Crippen LogP contribution in [0.15, 0.2) is 35.3 Å². The van der Waals surface area contributed by atoms with E-state index in [0.717, 1.165) is 0 Å². The van der Waals surface area contributed by atoms with E-state index in [1.807, 2.05) is 0 Å². The molecule has 0 amide bonds. The molecule has 0 unspecified atom stereocenters. The first-order valence-electron chi connectivity index (χ1n) is 5.23. The van der Waals surface area contributed by atoms with Crippen molar-refractivity contribution in [3.05, 3.63) is 46.4 Å². The Morgan fingerprint density at radius 3 is 2.82 bits per heavy atom. The minimum absolute atomic E-state index is 0.0945. The number of phenolic OH excluding ortho intramolecular Hbond substituents is 1. The van der Waals surface area contributed by atoms with Gasteiger partial charge in [-0.25, -0.2) is 4.98 Å². The smallest absolute Gasteiger partial charge is 0.255 e. The van der Waals surface area contributed by atoms with Crippen LogP contribution >= 0.6 is 0 Å². The number of nitrogens with one attached hydrogen (secondary N) is 2. The lowest BCUT2D eigenvalue weighted by Crippen LogP contribution is -2.19. The predicted molar refractivity (Wildman–Crippen MR) is 64.7 cm³/mol. The predicted octanol–water partition coefficient (Wildman–Crippen LogP) is 0.862. The van der Waals surface area contributed by atoms with E-state index < -0.39 is 0 Å². The van der Waals surface area contributed by atoms with Gasteiger partial charge in [0.2, 0.25) is 0 Å². The van der Waals surface area contributed by atoms with Crippen LogP contribution in [0.25, 0.3) is 11.4 Å². The molecule has 1 aromatic carbocycles. The van der Waals surface area contributed by atoms with Crippen LogP contribution in [-0.2, 0) is 6.54 Å². The second-order valence-electron chi connectivity index (χ2n) is 3.63. The number of phenols is 1. The molecule has 0 fully saturated rings. The van der Waals surface area contributed by atoms with Crippen LogP contribution in [0.4, 0.5) is 0 Å². The van der Waals surface area contributed by atoms with Crippen molar-refractivity contribution in [3.8, 4) is 17.1 Å². The first kappa shape index (κ1) is 11.3. The van der Waals surface area contributed by atoms with Crippen LogP contribution in [0, 0.1) is 0 Å². The summed E-state index contributed by atoms with van der Waals surface area (Å²) >= 11 is 0. The summed E-state index contributed by atoms with van der Waals surface area (Å²) in [6.45, 7) is 0.462. The van der Waals surface area contributed by atoms with Gasteiger partial charge in [-0.1, -0.05) is 12.1 Å². The van der Waals surface area contributed by atoms with Crippen molar-refractivity contribution < 1.29 is 5.11 Å². The molecule has 0 saturated heterocycles. The molecule has 0 saturated carbocycles. The minimum atomic E-state index is -0.201. The van der Waals surface area contributed by atoms with Gasteiger partial charge in [0.05, 0.1) is 5.56 Å². The van der Waals surface area contributed by atoms with Crippen molar-refractivity contribution in [2.75, 3.05) is 7.05 Å². The topological polar surface area (TPSA) is 78.0 Å². The van der Waals surface area contributed by atoms with Gasteiger partial charge in [-0.2, -0.15) is 0 Å². The van der Waals surface area contributed by atoms with Crippen LogP contribution in [0.1, 0.15) is 5.56 Å². The van der Waals surface area contributed by atoms with E-state index in [4.69, 9.17) is 0 Å². The third-order valence-electron chi connectivity index (χ3n) is 2.40. The maximum Gasteiger partial charge on any atom is 0.255 e. The second kappa shape index (κ2) is 4.80. The fraction of sp³-hybridized carbons (Fsp3) is 0.167. The van der Waals surface area contributed by atoms with Crippen LogP contribution in [0.2, 0.25) is 0 Å². The SMILES string of the molecule is CNCc1cnc(-c2ccccc2O)[nH]c1=O. The van der Waals surface area contributed by atoms with Crippen molar-refractivity contribution in [1.29, 1.82) is 0 Å². The summed E-state index contributed by atoms with van der Waals surface area (Å²) in [6.07, 6.45) is 1.51. The van der Waals surface area contributed by atoms with Crippen LogP contribution in [0.3, 0.4) is 0 Å². The molecule has 88 valence electrons. The Morgan fingerprint density at radius 2 is 2.18 bits per heavy atom. The van der Waals surface area contributed by atoms with Gasteiger partial charge in [0.15, 0.2) is 0 Å². The van der Waals surface area contributed by atoms with Crippen molar-refractivity contribution >= 4 is 0 Å². The van der Waals surface area contributed by atoms with Crippen LogP contribution < -0.4 is 10.9 Å². The number of H-pyrrole nitrogens is 1. The van der Waals surface area contributed by atoms with Crippen molar-refractivity contribution in [1.82, 2.24) is 15.3 Å². The summed E-state index contributed by atoms with van der Waals surface area (Å²) in [5.74, 6) is 0.463. The molecule has 0 aliphatic heterocycles. The molecular weight excluding hydrogens is 218 g/mol. The zero-order chi connectivity index (χ0) is 12.3. The molecule has 1 heterocycles. The Labute approximate surface area is 98.2 Å². The maximum absolute atomic E-state index is 11.7. The van der Waals surface area contributed by atoms with E-state index >= 15 is 0 Å². The summed E-state index contributed by atoms with van der Waals surface area (Å²) < 4.78 is 0. The lowest BCUT2D eigenvalue weighted by molar-refractivity contribution is 0.477. The highest BCUT2D eigenvalue weighted by Gasteiger charge is 2.07. The monoisotopic (exact) mass is 231 g/mol. The number of benzene rings is 1. The van der Waals surface area contributed by atoms with Gasteiger partial charge in [-0.05, 0) is 19.2 Å². The van der Waals surface area contributed by atoms with Gasteiger partial charge in [0, 0.05) is 18.3 Å². The van der Waals surface area contributed by atoms with Gasteiger partial charge in [-0.15, -0.1) is 0 Å². The molecule has 0 aliphatic rings. The Morgan fingerprint density at radius 1 is 1.41 bits per heavy atom. The molecular formula is C12H13N3O2. The largest absolute Gasteiger partial charge is 0.507 e. The van der Waals surface area contributed by atoms with E-state index in [2.05, 4.69) is 15.3 Å². The summed E-state index contributed by atoms with van der Waals surface area (Å²) in [5, 5.41) is 12.5. The van der Waals surface area contributed by atoms with Gasteiger partial charge in [-0.3, -0.25) is 4.79 Å². The van der Waals surface area contributed by atoms with E-state index in [9.17, 15) is 9.90 Å². The van der Waals surface area contributed by atoms with E-state index in [1.165, 1.54) is 6.20 Å². The normalized spacial score (nSPS) is 10.4. The molecule has 0 bridgehead atoms. The number of para-hydroxylation sites is 1. The van der Waals surface area contributed by atoms with Gasteiger partial charge >= 0.3 is 0 Å². The molecule has 17 heavy (non-hydrogen) atoms. The highest BCUT2D eigenvalue weighted by molar-refractivity contribution is 5.62. The molecule has 2 rings (SSSR count). The van der Waals surface area contributed by atoms with Crippen molar-refractivity contribution in [3.63, 3.8) is 0 Å². The third kappa shape index (κ3) is 2.34. The van der Waals surface area contributed by atoms with Crippen LogP contribution in [-0.4, -0.2) is 22.1 Å². The van der Waals surface area contributed by atoms with E-state index in [1.54, 1.807) is 31.3 Å². The first-order chi connectivity index (χ1) is 8.22. The molecule has 1 aromatic heterocycles. The number of hydrogen-bond acceptors (Lipinski definition) is 4. The molecule has 5 heteroatoms. The highest BCUT2D eigenvalue weighted by atomic mass is 16.3. The minimum Gasteiger partial charge on any atom is -0.507 e. The quantitative estimate of drug-likeness (QED) is 0.732. The average molecular weight is 231 g/mol. The molecule has 0 spiro atoms. The zero-order valence-electron chi connectivity index (χ0n) is 9.40. The van der Waals surface area contributed by atoms with Crippen molar-refractivity contribution in [2.45, 2.75) is 6.54 Å². The summed E-state index contributed by atoms with van der Waals surface area (Å²) in [5.41, 5.74) is 0.875. The second-order valence-corrected chi connectivity index (χ2v) is 3.63. The van der Waals surface area contributed by atoms with Crippen molar-refractivity contribution in [2.24, 2.45) is 0 Å². The standard InChI is InChI=1S/C12H13N3O2/c1-13-6-8-7-14-11(15-12(8)17)9-4-2-3-5-10(9)16/h2-5,7,13,16H,6H2,1H3,(H,14,15,17). The number of nitrogens with zero attached hydrogens (tertiary/aromatic N) is 1. The summed E-state index contributed by atoms with van der Waals surface area (Å²) in [7, 11) is 1.76. The molecule has 2 aromatic rings. The summed E-state index contributed by atoms with van der Waals surface area (Å²) in [6, 6.07) is 6.74. The number of rotatable bonds is 3. The first-order valence-corrected chi connectivity index (χ1v) is 5.23. The molecule has 0 atom stereocenters. The van der Waals surface area contributed by atoms with Gasteiger partial charge in [0.1, 0.15) is 11.6 Å². The Balaban J connectivity index is 2.45. The Kier molecular flexibility index (Phi) is 3.20. The Hall–Kier alpha value is -2.14. The van der Waals surface area contributed by atoms with Gasteiger partial charge < -0.3 is 15.4 Å². The highest BCUT2D eigenvalue weighted by Crippen LogP contribution is 2.24. The fourth-order valence-corrected chi connectivity index (χ4v) is 1.55. The van der Waals surface area contributed by atoms with E-state index in [0.29, 0.717) is 23.5 Å². The molecule has 3 N–H and O–H groups in total. The van der Waals surface area contributed by atoms with Gasteiger partial charge in [0.25, 0.3) is 5.56 Å².